The Morgan fingerprint density at radius 2 is 2.10 bits per heavy atom. The largest absolute Gasteiger partial charge is 0.412 e. The van der Waals surface area contributed by atoms with Gasteiger partial charge in [0.25, 0.3) is 0 Å². The van der Waals surface area contributed by atoms with Crippen molar-refractivity contribution < 1.29 is 19.2 Å². The molecule has 120 valence electrons. The second-order valence-corrected chi connectivity index (χ2v) is 9.18. The molecule has 1 aliphatic heterocycles. The minimum atomic E-state index is -1.41. The fraction of sp³-hybridized carbons (Fsp3) is 0.733. The topological polar surface area (TPSA) is 59.0 Å². The van der Waals surface area contributed by atoms with Gasteiger partial charge in [0.05, 0.1) is 12.1 Å². The van der Waals surface area contributed by atoms with Crippen molar-refractivity contribution in [2.24, 2.45) is 5.41 Å². The Kier molecular flexibility index (Phi) is 5.58. The lowest BCUT2D eigenvalue weighted by Crippen LogP contribution is -2.59. The lowest BCUT2D eigenvalue weighted by Gasteiger charge is -2.48. The molecule has 0 spiro atoms. The van der Waals surface area contributed by atoms with E-state index < -0.39 is 26.8 Å². The van der Waals surface area contributed by atoms with Gasteiger partial charge in [-0.25, -0.2) is 9.86 Å². The molecule has 6 heteroatoms. The van der Waals surface area contributed by atoms with Crippen LogP contribution in [-0.2, 0) is 14.1 Å². The number of hydrogen-bond donors (Lipinski definition) is 1. The summed E-state index contributed by atoms with van der Waals surface area (Å²) >= 11 is 0. The summed E-state index contributed by atoms with van der Waals surface area (Å²) in [6.45, 7) is 16.0. The lowest BCUT2D eigenvalue weighted by molar-refractivity contribution is -0.213. The van der Waals surface area contributed by atoms with Crippen molar-refractivity contribution in [3.05, 3.63) is 18.4 Å². The zero-order chi connectivity index (χ0) is 16.4. The molecule has 0 saturated carbocycles. The monoisotopic (exact) mass is 313 g/mol. The van der Waals surface area contributed by atoms with Crippen LogP contribution in [0, 0.1) is 5.41 Å². The van der Waals surface area contributed by atoms with Crippen LogP contribution in [0.4, 0.5) is 0 Å². The number of hydroxylamine groups is 2. The van der Waals surface area contributed by atoms with Crippen LogP contribution >= 0.6 is 0 Å². The van der Waals surface area contributed by atoms with Gasteiger partial charge in [-0.1, -0.05) is 26.8 Å². The Bertz CT molecular complexity index is 439. The van der Waals surface area contributed by atoms with E-state index in [0.29, 0.717) is 0 Å². The standard InChI is InChI=1S/C15H27NO4Si/c1-8-9-19-16-11(10-17)12(18)13(20-21(6)7)15(16,5)14(2,3)4/h8,12-13,18,21H,1,9H2,2-7H3. The Labute approximate surface area is 128 Å². The van der Waals surface area contributed by atoms with E-state index in [4.69, 9.17) is 9.26 Å². The number of aliphatic hydroxyl groups is 1. The van der Waals surface area contributed by atoms with Crippen LogP contribution in [0.15, 0.2) is 18.4 Å². The maximum atomic E-state index is 11.3. The SMILES string of the molecule is C=CCON1C(=C=O)C(O)C(O[SiH](C)C)C1(C)C(C)(C)C. The summed E-state index contributed by atoms with van der Waals surface area (Å²) in [6.07, 6.45) is 0.0420. The molecule has 1 rings (SSSR count). The third kappa shape index (κ3) is 3.15. The molecule has 21 heavy (non-hydrogen) atoms. The van der Waals surface area contributed by atoms with Gasteiger partial charge in [0.15, 0.2) is 20.7 Å². The van der Waals surface area contributed by atoms with E-state index in [1.54, 1.807) is 6.08 Å². The summed E-state index contributed by atoms with van der Waals surface area (Å²) in [5.74, 6) is 1.82. The van der Waals surface area contributed by atoms with E-state index in [-0.39, 0.29) is 17.7 Å². The fourth-order valence-corrected chi connectivity index (χ4v) is 3.60. The first-order valence-corrected chi connectivity index (χ1v) is 10.0. The molecule has 0 radical (unpaired) electrons. The fourth-order valence-electron chi connectivity index (χ4n) is 2.60. The third-order valence-corrected chi connectivity index (χ3v) is 4.96. The van der Waals surface area contributed by atoms with Crippen molar-refractivity contribution in [1.29, 1.82) is 0 Å². The summed E-state index contributed by atoms with van der Waals surface area (Å²) in [5.41, 5.74) is -0.879. The number of carbonyl (C=O) groups excluding carboxylic acids is 1. The zero-order valence-corrected chi connectivity index (χ0v) is 15.0. The molecular weight excluding hydrogens is 286 g/mol. The molecule has 1 saturated heterocycles. The van der Waals surface area contributed by atoms with Crippen LogP contribution in [0.2, 0.25) is 13.1 Å². The maximum absolute atomic E-state index is 11.3. The average molecular weight is 313 g/mol. The molecule has 1 heterocycles. The quantitative estimate of drug-likeness (QED) is 0.475. The van der Waals surface area contributed by atoms with Crippen molar-refractivity contribution in [3.8, 4) is 0 Å². The number of aliphatic hydroxyl groups excluding tert-OH is 1. The Hall–Kier alpha value is -0.913. The maximum Gasteiger partial charge on any atom is 0.171 e. The lowest BCUT2D eigenvalue weighted by atomic mass is 9.72. The van der Waals surface area contributed by atoms with E-state index in [1.807, 2.05) is 46.7 Å². The van der Waals surface area contributed by atoms with Gasteiger partial charge in [-0.2, -0.15) is 0 Å². The number of hydrogen-bond acceptors (Lipinski definition) is 5. The molecule has 0 aromatic carbocycles. The molecule has 0 aromatic heterocycles. The summed E-state index contributed by atoms with van der Waals surface area (Å²) in [4.78, 5) is 17.0. The van der Waals surface area contributed by atoms with Gasteiger partial charge < -0.3 is 9.53 Å². The molecule has 0 aliphatic carbocycles. The second kappa shape index (κ2) is 6.46. The Morgan fingerprint density at radius 3 is 2.48 bits per heavy atom. The van der Waals surface area contributed by atoms with Crippen LogP contribution in [0.25, 0.3) is 0 Å². The normalized spacial score (nSPS) is 29.9. The van der Waals surface area contributed by atoms with Gasteiger partial charge in [-0.3, -0.25) is 4.84 Å². The highest BCUT2D eigenvalue weighted by Crippen LogP contribution is 2.48. The first kappa shape index (κ1) is 18.1. The highest BCUT2D eigenvalue weighted by Gasteiger charge is 2.61. The Morgan fingerprint density at radius 1 is 1.52 bits per heavy atom. The molecule has 0 aromatic rings. The van der Waals surface area contributed by atoms with Crippen molar-refractivity contribution in [2.75, 3.05) is 6.61 Å². The van der Waals surface area contributed by atoms with E-state index in [1.165, 1.54) is 5.06 Å². The number of rotatable bonds is 5. The average Bonchev–Trinajstić information content (AvgIpc) is 2.57. The Balaban J connectivity index is 3.36. The zero-order valence-electron chi connectivity index (χ0n) is 13.8. The van der Waals surface area contributed by atoms with Crippen molar-refractivity contribution >= 4 is 15.0 Å². The van der Waals surface area contributed by atoms with Crippen molar-refractivity contribution in [1.82, 2.24) is 5.06 Å². The molecule has 1 aliphatic rings. The predicted octanol–water partition coefficient (Wildman–Crippen LogP) is 1.67. The van der Waals surface area contributed by atoms with Crippen molar-refractivity contribution in [2.45, 2.75) is 58.5 Å². The summed E-state index contributed by atoms with van der Waals surface area (Å²) in [7, 11) is -1.41. The van der Waals surface area contributed by atoms with Gasteiger partial charge >= 0.3 is 0 Å². The minimum absolute atomic E-state index is 0.0916. The van der Waals surface area contributed by atoms with Gasteiger partial charge in [0.1, 0.15) is 12.2 Å². The highest BCUT2D eigenvalue weighted by molar-refractivity contribution is 6.48. The van der Waals surface area contributed by atoms with Crippen LogP contribution in [0.5, 0.6) is 0 Å². The summed E-state index contributed by atoms with van der Waals surface area (Å²) in [6, 6.07) is 0. The molecule has 0 amide bonds. The van der Waals surface area contributed by atoms with E-state index in [9.17, 15) is 9.90 Å². The second-order valence-electron chi connectivity index (χ2n) is 6.81. The van der Waals surface area contributed by atoms with Crippen LogP contribution in [0.3, 0.4) is 0 Å². The molecular formula is C15H27NO4Si. The van der Waals surface area contributed by atoms with E-state index >= 15 is 0 Å². The highest BCUT2D eigenvalue weighted by atomic mass is 28.3. The van der Waals surface area contributed by atoms with Crippen molar-refractivity contribution in [3.63, 3.8) is 0 Å². The van der Waals surface area contributed by atoms with E-state index in [0.717, 1.165) is 0 Å². The smallest absolute Gasteiger partial charge is 0.171 e. The van der Waals surface area contributed by atoms with Crippen LogP contribution < -0.4 is 0 Å². The van der Waals surface area contributed by atoms with E-state index in [2.05, 4.69) is 6.58 Å². The number of nitrogens with zero attached hydrogens (tertiary/aromatic N) is 1. The summed E-state index contributed by atoms with van der Waals surface area (Å²) < 4.78 is 6.05. The van der Waals surface area contributed by atoms with Gasteiger partial charge in [0, 0.05) is 0 Å². The first-order chi connectivity index (χ1) is 9.61. The van der Waals surface area contributed by atoms with Gasteiger partial charge in [-0.05, 0) is 25.4 Å². The third-order valence-electron chi connectivity index (χ3n) is 4.12. The molecule has 3 atom stereocenters. The predicted molar refractivity (Wildman–Crippen MR) is 84.8 cm³/mol. The molecule has 1 fully saturated rings. The van der Waals surface area contributed by atoms with Gasteiger partial charge in [0.2, 0.25) is 0 Å². The molecule has 1 N–H and O–H groups in total. The molecule has 5 nitrogen and oxygen atoms in total. The van der Waals surface area contributed by atoms with Crippen LogP contribution in [0.1, 0.15) is 27.7 Å². The van der Waals surface area contributed by atoms with Crippen LogP contribution in [-0.4, -0.2) is 49.5 Å². The molecule has 0 bridgehead atoms. The first-order valence-electron chi connectivity index (χ1n) is 7.23. The molecule has 3 unspecified atom stereocenters. The summed E-state index contributed by atoms with van der Waals surface area (Å²) in [5, 5.41) is 12.0. The van der Waals surface area contributed by atoms with Gasteiger partial charge in [-0.15, -0.1) is 6.58 Å². The minimum Gasteiger partial charge on any atom is -0.412 e.